The molecule has 4 N–H and O–H groups in total. The predicted molar refractivity (Wildman–Crippen MR) is 62.8 cm³/mol. The molecule has 2 aliphatic rings. The summed E-state index contributed by atoms with van der Waals surface area (Å²) in [6.07, 6.45) is 0. The highest BCUT2D eigenvalue weighted by molar-refractivity contribution is 6.53. The van der Waals surface area contributed by atoms with E-state index in [1.54, 1.807) is 0 Å². The zero-order valence-electron chi connectivity index (χ0n) is 10.7. The van der Waals surface area contributed by atoms with E-state index in [1.807, 2.05) is 0 Å². The third-order valence-corrected chi connectivity index (χ3v) is 3.72. The van der Waals surface area contributed by atoms with E-state index >= 15 is 0 Å². The van der Waals surface area contributed by atoms with E-state index < -0.39 is 17.8 Å². The third kappa shape index (κ3) is 2.78. The lowest BCUT2D eigenvalue weighted by atomic mass is 9.84. The average Bonchev–Trinajstić information content (AvgIpc) is 2.50. The average molecular weight is 279 g/mol. The molecule has 0 unspecified atom stereocenters. The Morgan fingerprint density at radius 3 is 1.11 bits per heavy atom. The first kappa shape index (κ1) is 15.1. The first-order chi connectivity index (χ1) is 9.07. The number of aliphatic hydroxyl groups excluding tert-OH is 4. The van der Waals surface area contributed by atoms with Gasteiger partial charge in [-0.1, -0.05) is 0 Å². The third-order valence-electron chi connectivity index (χ3n) is 3.72. The van der Waals surface area contributed by atoms with Gasteiger partial charge in [0.05, 0.1) is 37.3 Å². The van der Waals surface area contributed by atoms with Crippen LogP contribution in [0.1, 0.15) is 0 Å². The Kier molecular flexibility index (Phi) is 4.48. The van der Waals surface area contributed by atoms with Crippen LogP contribution in [0.3, 0.4) is 0 Å². The topological polar surface area (TPSA) is 118 Å². The van der Waals surface area contributed by atoms with Crippen LogP contribution in [0.15, 0.2) is 0 Å². The molecule has 2 saturated heterocycles. The molecule has 1 spiro atoms. The minimum atomic E-state index is -2.39. The van der Waals surface area contributed by atoms with Crippen molar-refractivity contribution in [3.8, 4) is 0 Å². The van der Waals surface area contributed by atoms with Crippen LogP contribution in [0, 0.1) is 10.8 Å². The molecule has 8 nitrogen and oxygen atoms in total. The smallest absolute Gasteiger partial charge is 0.518 e. The molecule has 0 saturated carbocycles. The van der Waals surface area contributed by atoms with Gasteiger partial charge in [0.1, 0.15) is 0 Å². The van der Waals surface area contributed by atoms with E-state index in [-0.39, 0.29) is 52.9 Å². The highest BCUT2D eigenvalue weighted by atomic mass is 16.9. The number of rotatable bonds is 4. The molecule has 0 atom stereocenters. The molecule has 2 rings (SSSR count). The lowest BCUT2D eigenvalue weighted by molar-refractivity contribution is -0.182. The van der Waals surface area contributed by atoms with Gasteiger partial charge >= 0.3 is 6.96 Å². The van der Waals surface area contributed by atoms with Gasteiger partial charge in [-0.3, -0.25) is 0 Å². The normalized spacial score (nSPS) is 28.4. The van der Waals surface area contributed by atoms with Crippen molar-refractivity contribution in [1.82, 2.24) is 0 Å². The van der Waals surface area contributed by atoms with Gasteiger partial charge in [0.25, 0.3) is 0 Å². The highest BCUT2D eigenvalue weighted by Crippen LogP contribution is 2.34. The van der Waals surface area contributed by atoms with E-state index in [9.17, 15) is 20.4 Å². The Morgan fingerprint density at radius 1 is 0.632 bits per heavy atom. The SMILES string of the molecule is OCC1(CO)CO[B-]2(OC1)OCC(CO)(CO)CO2. The maximum absolute atomic E-state index is 9.23. The zero-order valence-corrected chi connectivity index (χ0v) is 10.7. The summed E-state index contributed by atoms with van der Waals surface area (Å²) in [5.74, 6) is 0. The molecule has 0 amide bonds. The second-order valence-electron chi connectivity index (χ2n) is 5.45. The predicted octanol–water partition coefficient (Wildman–Crippen LogP) is -2.54. The monoisotopic (exact) mass is 279 g/mol. The van der Waals surface area contributed by atoms with Crippen molar-refractivity contribution in [2.75, 3.05) is 52.9 Å². The number of aliphatic hydroxyl groups is 4. The van der Waals surface area contributed by atoms with Crippen molar-refractivity contribution in [1.29, 1.82) is 0 Å². The maximum atomic E-state index is 9.23. The minimum Gasteiger partial charge on any atom is -0.518 e. The van der Waals surface area contributed by atoms with E-state index in [0.29, 0.717) is 0 Å². The van der Waals surface area contributed by atoms with Crippen LogP contribution in [0.25, 0.3) is 0 Å². The van der Waals surface area contributed by atoms with E-state index in [0.717, 1.165) is 0 Å². The van der Waals surface area contributed by atoms with Crippen molar-refractivity contribution in [2.24, 2.45) is 10.8 Å². The molecule has 2 fully saturated rings. The van der Waals surface area contributed by atoms with Gasteiger partial charge in [-0.05, 0) is 0 Å². The molecule has 9 heteroatoms. The van der Waals surface area contributed by atoms with Crippen LogP contribution in [-0.4, -0.2) is 80.2 Å². The van der Waals surface area contributed by atoms with Crippen LogP contribution < -0.4 is 0 Å². The van der Waals surface area contributed by atoms with Crippen LogP contribution >= 0.6 is 0 Å². The molecule has 0 aliphatic carbocycles. The summed E-state index contributed by atoms with van der Waals surface area (Å²) >= 11 is 0. The Bertz CT molecular complexity index is 250. The minimum absolute atomic E-state index is 0.0469. The standard InChI is InChI=1S/C10H20BO8/c12-1-9(2-13)5-16-11(17-6-9)18-7-10(3-14,4-15)8-19-11/h12-15H,1-8H2/q-1. The van der Waals surface area contributed by atoms with Gasteiger partial charge < -0.3 is 39.0 Å². The molecule has 0 aromatic heterocycles. The van der Waals surface area contributed by atoms with Gasteiger partial charge in [-0.25, -0.2) is 0 Å². The quantitative estimate of drug-likeness (QED) is 0.416. The fourth-order valence-corrected chi connectivity index (χ4v) is 1.95. The van der Waals surface area contributed by atoms with Crippen LogP contribution in [0.4, 0.5) is 0 Å². The largest absolute Gasteiger partial charge is 0.531 e. The van der Waals surface area contributed by atoms with Gasteiger partial charge in [0.2, 0.25) is 0 Å². The summed E-state index contributed by atoms with van der Waals surface area (Å²) in [5, 5.41) is 36.9. The Morgan fingerprint density at radius 2 is 0.895 bits per heavy atom. The first-order valence-electron chi connectivity index (χ1n) is 6.19. The van der Waals surface area contributed by atoms with Crippen molar-refractivity contribution >= 4 is 6.96 Å². The summed E-state index contributed by atoms with van der Waals surface area (Å²) < 4.78 is 21.6. The summed E-state index contributed by atoms with van der Waals surface area (Å²) in [7, 11) is 0. The molecule has 112 valence electrons. The number of hydrogen-bond acceptors (Lipinski definition) is 8. The second kappa shape index (κ2) is 5.62. The molecule has 0 radical (unpaired) electrons. The molecule has 0 aromatic carbocycles. The molecule has 19 heavy (non-hydrogen) atoms. The van der Waals surface area contributed by atoms with Crippen molar-refractivity contribution in [3.05, 3.63) is 0 Å². The van der Waals surface area contributed by atoms with Crippen LogP contribution in [0.5, 0.6) is 0 Å². The molecule has 0 bridgehead atoms. The van der Waals surface area contributed by atoms with E-state index in [2.05, 4.69) is 0 Å². The highest BCUT2D eigenvalue weighted by Gasteiger charge is 2.48. The molecule has 2 aliphatic heterocycles. The molecular formula is C10H20BO8-. The lowest BCUT2D eigenvalue weighted by Crippen LogP contribution is -2.64. The Labute approximate surface area is 110 Å². The maximum Gasteiger partial charge on any atom is 0.531 e. The first-order valence-corrected chi connectivity index (χ1v) is 6.19. The Hall–Kier alpha value is -0.255. The molecular weight excluding hydrogens is 259 g/mol. The fourth-order valence-electron chi connectivity index (χ4n) is 1.95. The van der Waals surface area contributed by atoms with Gasteiger partial charge in [-0.15, -0.1) is 0 Å². The Balaban J connectivity index is 1.95. The van der Waals surface area contributed by atoms with Gasteiger partial charge in [0, 0.05) is 26.4 Å². The summed E-state index contributed by atoms with van der Waals surface area (Å²) in [6, 6.07) is 0. The van der Waals surface area contributed by atoms with Crippen LogP contribution in [0.2, 0.25) is 0 Å². The summed E-state index contributed by atoms with van der Waals surface area (Å²) in [6.45, 7) is -3.29. The fraction of sp³-hybridized carbons (Fsp3) is 1.00. The summed E-state index contributed by atoms with van der Waals surface area (Å²) in [4.78, 5) is 0. The number of hydrogen-bond donors (Lipinski definition) is 4. The molecule has 2 heterocycles. The summed E-state index contributed by atoms with van der Waals surface area (Å²) in [5.41, 5.74) is -1.72. The van der Waals surface area contributed by atoms with Crippen molar-refractivity contribution in [2.45, 2.75) is 0 Å². The zero-order chi connectivity index (χ0) is 14.0. The second-order valence-corrected chi connectivity index (χ2v) is 5.45. The van der Waals surface area contributed by atoms with Crippen LogP contribution in [-0.2, 0) is 18.6 Å². The van der Waals surface area contributed by atoms with E-state index in [1.165, 1.54) is 0 Å². The van der Waals surface area contributed by atoms with E-state index in [4.69, 9.17) is 18.6 Å². The lowest BCUT2D eigenvalue weighted by Gasteiger charge is -2.55. The van der Waals surface area contributed by atoms with Crippen molar-refractivity contribution in [3.63, 3.8) is 0 Å². The van der Waals surface area contributed by atoms with Gasteiger partial charge in [-0.2, -0.15) is 0 Å². The van der Waals surface area contributed by atoms with Crippen molar-refractivity contribution < 1.29 is 39.0 Å². The molecule has 0 aromatic rings. The van der Waals surface area contributed by atoms with Gasteiger partial charge in [0.15, 0.2) is 0 Å².